The predicted molar refractivity (Wildman–Crippen MR) is 65.0 cm³/mol. The van der Waals surface area contributed by atoms with Crippen molar-refractivity contribution in [3.05, 3.63) is 29.8 Å². The van der Waals surface area contributed by atoms with Crippen molar-refractivity contribution >= 4 is 17.6 Å². The van der Waals surface area contributed by atoms with Crippen LogP contribution in [0.25, 0.3) is 0 Å². The van der Waals surface area contributed by atoms with Crippen molar-refractivity contribution in [1.82, 2.24) is 0 Å². The summed E-state index contributed by atoms with van der Waals surface area (Å²) in [6.45, 7) is 0. The van der Waals surface area contributed by atoms with E-state index in [9.17, 15) is 14.7 Å². The van der Waals surface area contributed by atoms with Crippen molar-refractivity contribution in [3.8, 4) is 0 Å². The van der Waals surface area contributed by atoms with Crippen molar-refractivity contribution in [2.75, 3.05) is 19.1 Å². The smallest absolute Gasteiger partial charge is 0.305 e. The van der Waals surface area contributed by atoms with Gasteiger partial charge in [-0.25, -0.2) is 0 Å². The van der Waals surface area contributed by atoms with E-state index >= 15 is 0 Å². The predicted octanol–water partition coefficient (Wildman–Crippen LogP) is 0.804. The molecule has 1 heterocycles. The molecule has 1 aromatic carbocycles. The number of hydrogen-bond donors (Lipinski definition) is 1. The number of anilines is 1. The number of esters is 1. The van der Waals surface area contributed by atoms with Crippen molar-refractivity contribution in [2.24, 2.45) is 0 Å². The third-order valence-corrected chi connectivity index (χ3v) is 3.29. The molecule has 96 valence electrons. The SMILES string of the molecule is COC(=O)CCC1(O)C(=O)N(C)c2ccccc21. The van der Waals surface area contributed by atoms with Gasteiger partial charge in [0.15, 0.2) is 5.60 Å². The van der Waals surface area contributed by atoms with Gasteiger partial charge in [0.1, 0.15) is 0 Å². The summed E-state index contributed by atoms with van der Waals surface area (Å²) in [5.41, 5.74) is -0.407. The summed E-state index contributed by atoms with van der Waals surface area (Å²) in [7, 11) is 2.89. The maximum Gasteiger partial charge on any atom is 0.305 e. The quantitative estimate of drug-likeness (QED) is 0.805. The van der Waals surface area contributed by atoms with E-state index in [-0.39, 0.29) is 12.8 Å². The van der Waals surface area contributed by atoms with E-state index in [1.807, 2.05) is 0 Å². The summed E-state index contributed by atoms with van der Waals surface area (Å²) in [6.07, 6.45) is 0.0285. The Morgan fingerprint density at radius 2 is 2.11 bits per heavy atom. The normalized spacial score (nSPS) is 21.9. The van der Waals surface area contributed by atoms with Gasteiger partial charge >= 0.3 is 5.97 Å². The number of rotatable bonds is 3. The molecule has 5 nitrogen and oxygen atoms in total. The molecule has 0 aromatic heterocycles. The molecule has 0 fully saturated rings. The van der Waals surface area contributed by atoms with Gasteiger partial charge in [-0.3, -0.25) is 9.59 Å². The molecule has 0 saturated carbocycles. The Bertz CT molecular complexity index is 500. The molecule has 0 aliphatic carbocycles. The van der Waals surface area contributed by atoms with Gasteiger partial charge in [0.25, 0.3) is 5.91 Å². The minimum Gasteiger partial charge on any atom is -0.469 e. The van der Waals surface area contributed by atoms with Crippen LogP contribution in [-0.4, -0.2) is 31.1 Å². The Kier molecular flexibility index (Phi) is 3.09. The molecule has 0 saturated heterocycles. The summed E-state index contributed by atoms with van der Waals surface area (Å²) in [6, 6.07) is 7.03. The molecule has 0 radical (unpaired) electrons. The van der Waals surface area contributed by atoms with E-state index in [4.69, 9.17) is 0 Å². The fourth-order valence-electron chi connectivity index (χ4n) is 2.24. The van der Waals surface area contributed by atoms with Gasteiger partial charge in [-0.1, -0.05) is 18.2 Å². The van der Waals surface area contributed by atoms with Crippen LogP contribution in [-0.2, 0) is 19.9 Å². The number of nitrogens with zero attached hydrogens (tertiary/aromatic N) is 1. The number of para-hydroxylation sites is 1. The Hall–Kier alpha value is -1.88. The van der Waals surface area contributed by atoms with Crippen LogP contribution in [0.15, 0.2) is 24.3 Å². The molecular formula is C13H15NO4. The van der Waals surface area contributed by atoms with Gasteiger partial charge < -0.3 is 14.7 Å². The molecule has 1 amide bonds. The van der Waals surface area contributed by atoms with Crippen LogP contribution in [0.5, 0.6) is 0 Å². The highest BCUT2D eigenvalue weighted by molar-refractivity contribution is 6.06. The largest absolute Gasteiger partial charge is 0.469 e. The number of fused-ring (bicyclic) bond motifs is 1. The van der Waals surface area contributed by atoms with Crippen LogP contribution in [0, 0.1) is 0 Å². The van der Waals surface area contributed by atoms with Crippen LogP contribution < -0.4 is 4.90 Å². The van der Waals surface area contributed by atoms with Gasteiger partial charge in [-0.15, -0.1) is 0 Å². The van der Waals surface area contributed by atoms with Crippen molar-refractivity contribution < 1.29 is 19.4 Å². The molecule has 1 aromatic rings. The number of aliphatic hydroxyl groups is 1. The number of carbonyl (C=O) groups is 2. The molecule has 18 heavy (non-hydrogen) atoms. The molecule has 0 spiro atoms. The molecular weight excluding hydrogens is 234 g/mol. The number of amides is 1. The Morgan fingerprint density at radius 1 is 1.44 bits per heavy atom. The third-order valence-electron chi connectivity index (χ3n) is 3.29. The fourth-order valence-corrected chi connectivity index (χ4v) is 2.24. The number of benzene rings is 1. The van der Waals surface area contributed by atoms with Crippen molar-refractivity contribution in [2.45, 2.75) is 18.4 Å². The van der Waals surface area contributed by atoms with Crippen LogP contribution >= 0.6 is 0 Å². The summed E-state index contributed by atoms with van der Waals surface area (Å²) in [5.74, 6) is -0.851. The lowest BCUT2D eigenvalue weighted by molar-refractivity contribution is -0.144. The first-order valence-corrected chi connectivity index (χ1v) is 5.67. The number of likely N-dealkylation sites (N-methyl/N-ethyl adjacent to an activating group) is 1. The molecule has 1 aliphatic rings. The third kappa shape index (κ3) is 1.76. The van der Waals surface area contributed by atoms with E-state index in [0.717, 1.165) is 0 Å². The topological polar surface area (TPSA) is 66.8 Å². The lowest BCUT2D eigenvalue weighted by atomic mass is 9.90. The lowest BCUT2D eigenvalue weighted by Gasteiger charge is -2.21. The first kappa shape index (κ1) is 12.6. The summed E-state index contributed by atoms with van der Waals surface area (Å²) < 4.78 is 4.53. The van der Waals surface area contributed by atoms with Gasteiger partial charge in [-0.2, -0.15) is 0 Å². The second kappa shape index (κ2) is 4.42. The fraction of sp³-hybridized carbons (Fsp3) is 0.385. The zero-order chi connectivity index (χ0) is 13.3. The second-order valence-electron chi connectivity index (χ2n) is 4.32. The summed E-state index contributed by atoms with van der Waals surface area (Å²) in [5, 5.41) is 10.5. The van der Waals surface area contributed by atoms with Crippen molar-refractivity contribution in [3.63, 3.8) is 0 Å². The first-order chi connectivity index (χ1) is 8.50. The molecule has 1 N–H and O–H groups in total. The molecule has 0 bridgehead atoms. The zero-order valence-electron chi connectivity index (χ0n) is 10.3. The minimum absolute atomic E-state index is 0.000907. The molecule has 1 aliphatic heterocycles. The summed E-state index contributed by atoms with van der Waals surface area (Å²) >= 11 is 0. The molecule has 1 atom stereocenters. The van der Waals surface area contributed by atoms with E-state index in [0.29, 0.717) is 11.3 Å². The summed E-state index contributed by atoms with van der Waals surface area (Å²) in [4.78, 5) is 24.7. The maximum absolute atomic E-state index is 12.1. The number of ether oxygens (including phenoxy) is 1. The maximum atomic E-state index is 12.1. The van der Waals surface area contributed by atoms with E-state index in [1.165, 1.54) is 12.0 Å². The number of methoxy groups -OCH3 is 1. The highest BCUT2D eigenvalue weighted by Crippen LogP contribution is 2.41. The number of carbonyl (C=O) groups excluding carboxylic acids is 2. The van der Waals surface area contributed by atoms with Gasteiger partial charge in [0.05, 0.1) is 12.8 Å². The Labute approximate surface area is 105 Å². The Balaban J connectivity index is 2.32. The molecule has 5 heteroatoms. The monoisotopic (exact) mass is 249 g/mol. The van der Waals surface area contributed by atoms with E-state index in [2.05, 4.69) is 4.74 Å². The Morgan fingerprint density at radius 3 is 2.78 bits per heavy atom. The lowest BCUT2D eigenvalue weighted by Crippen LogP contribution is -2.38. The first-order valence-electron chi connectivity index (χ1n) is 5.67. The van der Waals surface area contributed by atoms with Crippen molar-refractivity contribution in [1.29, 1.82) is 0 Å². The van der Waals surface area contributed by atoms with Crippen LogP contribution in [0.4, 0.5) is 5.69 Å². The zero-order valence-corrected chi connectivity index (χ0v) is 10.3. The van der Waals surface area contributed by atoms with Crippen LogP contribution in [0.3, 0.4) is 0 Å². The molecule has 1 unspecified atom stereocenters. The number of hydrogen-bond acceptors (Lipinski definition) is 4. The highest BCUT2D eigenvalue weighted by atomic mass is 16.5. The molecule has 2 rings (SSSR count). The van der Waals surface area contributed by atoms with Gasteiger partial charge in [0.2, 0.25) is 0 Å². The average Bonchev–Trinajstić information content (AvgIpc) is 2.59. The van der Waals surface area contributed by atoms with Crippen LogP contribution in [0.1, 0.15) is 18.4 Å². The minimum atomic E-state index is -1.63. The standard InChI is InChI=1S/C13H15NO4/c1-14-10-6-4-3-5-9(10)13(17,12(14)16)8-7-11(15)18-2/h3-6,17H,7-8H2,1-2H3. The van der Waals surface area contributed by atoms with Gasteiger partial charge in [-0.05, 0) is 12.5 Å². The highest BCUT2D eigenvalue weighted by Gasteiger charge is 2.48. The average molecular weight is 249 g/mol. The second-order valence-corrected chi connectivity index (χ2v) is 4.32. The van der Waals surface area contributed by atoms with Crippen LogP contribution in [0.2, 0.25) is 0 Å². The van der Waals surface area contributed by atoms with Gasteiger partial charge in [0, 0.05) is 19.0 Å². The van der Waals surface area contributed by atoms with E-state index < -0.39 is 17.5 Å². The van der Waals surface area contributed by atoms with E-state index in [1.54, 1.807) is 31.3 Å².